The minimum absolute atomic E-state index is 0.0467. The number of amides is 1. The largest absolute Gasteiger partial charge is 0.366 e. The van der Waals surface area contributed by atoms with Gasteiger partial charge in [-0.3, -0.25) is 14.9 Å². The number of benzene rings is 2. The molecule has 1 heterocycles. The van der Waals surface area contributed by atoms with Gasteiger partial charge in [-0.2, -0.15) is 4.68 Å². The summed E-state index contributed by atoms with van der Waals surface area (Å²) in [6, 6.07) is 10.8. The first-order valence-electron chi connectivity index (χ1n) is 6.76. The minimum atomic E-state index is -0.747. The van der Waals surface area contributed by atoms with Crippen LogP contribution in [-0.2, 0) is 0 Å². The highest BCUT2D eigenvalue weighted by atomic mass is 35.5. The molecule has 0 spiro atoms. The molecule has 1 aromatic heterocycles. The van der Waals surface area contributed by atoms with E-state index in [1.54, 1.807) is 24.3 Å². The number of hydrogen-bond acceptors (Lipinski definition) is 7. The molecule has 126 valence electrons. The van der Waals surface area contributed by atoms with Crippen LogP contribution in [0, 0.1) is 10.1 Å². The van der Waals surface area contributed by atoms with Crippen LogP contribution in [0.15, 0.2) is 52.5 Å². The maximum absolute atomic E-state index is 11.3. The van der Waals surface area contributed by atoms with Crippen molar-refractivity contribution < 1.29 is 9.72 Å². The summed E-state index contributed by atoms with van der Waals surface area (Å²) in [4.78, 5) is 22.2. The van der Waals surface area contributed by atoms with Gasteiger partial charge in [0.15, 0.2) is 0 Å². The number of tetrazole rings is 1. The summed E-state index contributed by atoms with van der Waals surface area (Å²) < 4.78 is 1.41. The van der Waals surface area contributed by atoms with Crippen molar-refractivity contribution in [3.05, 3.63) is 63.2 Å². The van der Waals surface area contributed by atoms with Crippen LogP contribution < -0.4 is 5.73 Å². The number of carbonyl (C=O) groups excluding carboxylic acids is 1. The highest BCUT2D eigenvalue weighted by molar-refractivity contribution is 7.99. The molecule has 0 aliphatic rings. The van der Waals surface area contributed by atoms with E-state index in [0.717, 1.165) is 17.8 Å². The number of halogens is 1. The van der Waals surface area contributed by atoms with Crippen molar-refractivity contribution in [2.24, 2.45) is 5.73 Å². The minimum Gasteiger partial charge on any atom is -0.366 e. The van der Waals surface area contributed by atoms with Crippen LogP contribution in [0.25, 0.3) is 5.69 Å². The lowest BCUT2D eigenvalue weighted by Crippen LogP contribution is -2.11. The molecule has 0 fully saturated rings. The van der Waals surface area contributed by atoms with Crippen molar-refractivity contribution in [1.82, 2.24) is 20.2 Å². The zero-order chi connectivity index (χ0) is 18.0. The van der Waals surface area contributed by atoms with E-state index >= 15 is 0 Å². The predicted octanol–water partition coefficient (Wildman–Crippen LogP) is 2.47. The van der Waals surface area contributed by atoms with Gasteiger partial charge >= 0.3 is 0 Å². The first-order chi connectivity index (χ1) is 12.0. The normalized spacial score (nSPS) is 10.6. The van der Waals surface area contributed by atoms with Gasteiger partial charge in [0.05, 0.1) is 15.5 Å². The third-order valence-corrected chi connectivity index (χ3v) is 4.37. The predicted molar refractivity (Wildman–Crippen MR) is 89.9 cm³/mol. The number of nitro benzene ring substituents is 1. The maximum Gasteiger partial charge on any atom is 0.284 e. The maximum atomic E-state index is 11.3. The molecule has 0 saturated carbocycles. The molecular formula is C14H9ClN6O3S. The van der Waals surface area contributed by atoms with Crippen LogP contribution in [0.5, 0.6) is 0 Å². The Labute approximate surface area is 149 Å². The van der Waals surface area contributed by atoms with Crippen LogP contribution >= 0.6 is 23.4 Å². The highest BCUT2D eigenvalue weighted by Crippen LogP contribution is 2.35. The Morgan fingerprint density at radius 1 is 1.28 bits per heavy atom. The number of nitro groups is 1. The summed E-state index contributed by atoms with van der Waals surface area (Å²) in [7, 11) is 0. The average molecular weight is 377 g/mol. The molecule has 2 N–H and O–H groups in total. The monoisotopic (exact) mass is 376 g/mol. The summed E-state index contributed by atoms with van der Waals surface area (Å²) >= 11 is 6.95. The quantitative estimate of drug-likeness (QED) is 0.534. The fourth-order valence-electron chi connectivity index (χ4n) is 2.01. The van der Waals surface area contributed by atoms with Crippen molar-refractivity contribution in [3.8, 4) is 5.69 Å². The fourth-order valence-corrected chi connectivity index (χ4v) is 3.07. The van der Waals surface area contributed by atoms with Crippen molar-refractivity contribution in [1.29, 1.82) is 0 Å². The van der Waals surface area contributed by atoms with E-state index in [4.69, 9.17) is 17.3 Å². The van der Waals surface area contributed by atoms with Crippen molar-refractivity contribution in [3.63, 3.8) is 0 Å². The molecule has 11 heteroatoms. The van der Waals surface area contributed by atoms with Crippen LogP contribution in [0.4, 0.5) is 5.69 Å². The molecule has 0 bridgehead atoms. The molecule has 1 amide bonds. The first kappa shape index (κ1) is 16.9. The summed E-state index contributed by atoms with van der Waals surface area (Å²) in [5, 5.41) is 23.5. The van der Waals surface area contributed by atoms with Gasteiger partial charge in [0.1, 0.15) is 0 Å². The number of aromatic nitrogens is 4. The standard InChI is InChI=1S/C14H9ClN6O3S/c15-9-2-1-3-10(7-9)20-14(17-18-19-20)25-12-5-4-8(13(16)22)6-11(12)21(23)24/h1-7H,(H2,16,22). The van der Waals surface area contributed by atoms with Gasteiger partial charge in [0.25, 0.3) is 5.69 Å². The van der Waals surface area contributed by atoms with Crippen molar-refractivity contribution >= 4 is 35.0 Å². The van der Waals surface area contributed by atoms with Gasteiger partial charge in [-0.15, -0.1) is 5.10 Å². The Hall–Kier alpha value is -2.98. The van der Waals surface area contributed by atoms with Crippen LogP contribution in [0.3, 0.4) is 0 Å². The number of primary amides is 1. The van der Waals surface area contributed by atoms with E-state index in [1.165, 1.54) is 16.8 Å². The molecule has 0 saturated heterocycles. The summed E-state index contributed by atoms with van der Waals surface area (Å²) in [5.41, 5.74) is 5.56. The Morgan fingerprint density at radius 2 is 2.08 bits per heavy atom. The van der Waals surface area contributed by atoms with E-state index in [1.807, 2.05) is 0 Å². The molecule has 2 aromatic carbocycles. The second-order valence-electron chi connectivity index (χ2n) is 4.76. The van der Waals surface area contributed by atoms with E-state index < -0.39 is 10.8 Å². The molecule has 0 aliphatic heterocycles. The SMILES string of the molecule is NC(=O)c1ccc(Sc2nnnn2-c2cccc(Cl)c2)c([N+](=O)[O-])c1. The fraction of sp³-hybridized carbons (Fsp3) is 0. The van der Waals surface area contributed by atoms with E-state index in [2.05, 4.69) is 15.5 Å². The van der Waals surface area contributed by atoms with Gasteiger partial charge in [-0.05, 0) is 52.5 Å². The molecular weight excluding hydrogens is 368 g/mol. The molecule has 9 nitrogen and oxygen atoms in total. The lowest BCUT2D eigenvalue weighted by molar-refractivity contribution is -0.387. The number of nitrogens with zero attached hydrogens (tertiary/aromatic N) is 5. The first-order valence-corrected chi connectivity index (χ1v) is 7.95. The second-order valence-corrected chi connectivity index (χ2v) is 6.20. The zero-order valence-corrected chi connectivity index (χ0v) is 13.9. The Morgan fingerprint density at radius 3 is 2.76 bits per heavy atom. The van der Waals surface area contributed by atoms with E-state index in [9.17, 15) is 14.9 Å². The topological polar surface area (TPSA) is 130 Å². The summed E-state index contributed by atoms with van der Waals surface area (Å²) in [6.45, 7) is 0. The zero-order valence-electron chi connectivity index (χ0n) is 12.4. The average Bonchev–Trinajstić information content (AvgIpc) is 3.03. The van der Waals surface area contributed by atoms with Gasteiger partial charge in [-0.1, -0.05) is 17.7 Å². The number of nitrogens with two attached hydrogens (primary N) is 1. The molecule has 0 radical (unpaired) electrons. The van der Waals surface area contributed by atoms with Crippen molar-refractivity contribution in [2.45, 2.75) is 10.1 Å². The molecule has 0 aliphatic carbocycles. The lowest BCUT2D eigenvalue weighted by atomic mass is 10.2. The smallest absolute Gasteiger partial charge is 0.284 e. The van der Waals surface area contributed by atoms with Gasteiger partial charge in [0, 0.05) is 16.7 Å². The van der Waals surface area contributed by atoms with Crippen molar-refractivity contribution in [2.75, 3.05) is 0 Å². The van der Waals surface area contributed by atoms with E-state index in [0.29, 0.717) is 15.9 Å². The number of carbonyl (C=O) groups is 1. The molecule has 3 rings (SSSR count). The Kier molecular flexibility index (Phi) is 4.63. The van der Waals surface area contributed by atoms with Gasteiger partial charge in [-0.25, -0.2) is 0 Å². The molecule has 0 atom stereocenters. The second kappa shape index (κ2) is 6.87. The summed E-state index contributed by atoms with van der Waals surface area (Å²) in [5.74, 6) is -0.747. The van der Waals surface area contributed by atoms with Gasteiger partial charge in [0.2, 0.25) is 11.1 Å². The number of rotatable bonds is 5. The number of hydrogen-bond donors (Lipinski definition) is 1. The third kappa shape index (κ3) is 3.59. The highest BCUT2D eigenvalue weighted by Gasteiger charge is 2.20. The Balaban J connectivity index is 2.00. The van der Waals surface area contributed by atoms with E-state index in [-0.39, 0.29) is 16.1 Å². The lowest BCUT2D eigenvalue weighted by Gasteiger charge is -2.06. The van der Waals surface area contributed by atoms with Crippen LogP contribution in [0.1, 0.15) is 10.4 Å². The summed E-state index contributed by atoms with van der Waals surface area (Å²) in [6.07, 6.45) is 0. The van der Waals surface area contributed by atoms with Crippen LogP contribution in [-0.4, -0.2) is 31.0 Å². The Bertz CT molecular complexity index is 977. The van der Waals surface area contributed by atoms with Crippen LogP contribution in [0.2, 0.25) is 5.02 Å². The molecule has 0 unspecified atom stereocenters. The van der Waals surface area contributed by atoms with Gasteiger partial charge < -0.3 is 5.73 Å². The third-order valence-electron chi connectivity index (χ3n) is 3.14. The molecule has 3 aromatic rings. The molecule has 25 heavy (non-hydrogen) atoms.